The first-order valence-electron chi connectivity index (χ1n) is 8.04. The molecule has 3 atom stereocenters. The maximum Gasteiger partial charge on any atom is 0.118 e. The fourth-order valence-electron chi connectivity index (χ4n) is 2.70. The van der Waals surface area contributed by atoms with Gasteiger partial charge in [0.05, 0.1) is 20.3 Å². The molecule has 2 aromatic rings. The summed E-state index contributed by atoms with van der Waals surface area (Å²) in [5.41, 5.74) is 2.12. The van der Waals surface area contributed by atoms with Crippen molar-refractivity contribution in [1.82, 2.24) is 0 Å². The molecule has 0 aromatic heterocycles. The highest BCUT2D eigenvalue weighted by Crippen LogP contribution is 2.27. The van der Waals surface area contributed by atoms with Crippen LogP contribution in [-0.4, -0.2) is 31.0 Å². The van der Waals surface area contributed by atoms with E-state index in [0.29, 0.717) is 6.61 Å². The van der Waals surface area contributed by atoms with Crippen molar-refractivity contribution < 1.29 is 19.3 Å². The molecule has 1 heterocycles. The Bertz CT molecular complexity index is 651. The zero-order valence-corrected chi connectivity index (χ0v) is 13.7. The van der Waals surface area contributed by atoms with Crippen molar-refractivity contribution in [3.8, 4) is 5.75 Å². The van der Waals surface area contributed by atoms with Crippen LogP contribution in [0.3, 0.4) is 0 Å². The summed E-state index contributed by atoms with van der Waals surface area (Å²) in [6, 6.07) is 17.7. The zero-order chi connectivity index (χ0) is 16.8. The fourth-order valence-corrected chi connectivity index (χ4v) is 2.70. The Morgan fingerprint density at radius 2 is 1.75 bits per heavy atom. The maximum absolute atomic E-state index is 9.64. The third kappa shape index (κ3) is 4.03. The zero-order valence-electron chi connectivity index (χ0n) is 13.7. The minimum Gasteiger partial charge on any atom is -0.497 e. The number of aliphatic hydroxyl groups is 1. The van der Waals surface area contributed by atoms with Gasteiger partial charge in [-0.2, -0.15) is 0 Å². The predicted molar refractivity (Wildman–Crippen MR) is 91.9 cm³/mol. The van der Waals surface area contributed by atoms with Crippen molar-refractivity contribution in [2.45, 2.75) is 24.9 Å². The van der Waals surface area contributed by atoms with Gasteiger partial charge in [0, 0.05) is 0 Å². The lowest BCUT2D eigenvalue weighted by atomic mass is 10.0. The Labute approximate surface area is 142 Å². The van der Waals surface area contributed by atoms with Gasteiger partial charge >= 0.3 is 0 Å². The molecule has 0 saturated heterocycles. The fraction of sp³-hybridized carbons (Fsp3) is 0.300. The molecule has 0 radical (unpaired) electrons. The van der Waals surface area contributed by atoms with Crippen LogP contribution < -0.4 is 4.74 Å². The summed E-state index contributed by atoms with van der Waals surface area (Å²) < 4.78 is 17.0. The Kier molecular flexibility index (Phi) is 5.64. The molecule has 1 aliphatic rings. The predicted octanol–water partition coefficient (Wildman–Crippen LogP) is 3.27. The molecule has 0 aliphatic carbocycles. The number of hydrogen-bond donors (Lipinski definition) is 1. The summed E-state index contributed by atoms with van der Waals surface area (Å²) in [6.07, 6.45) is 3.17. The van der Waals surface area contributed by atoms with E-state index in [0.717, 1.165) is 16.9 Å². The second-order valence-corrected chi connectivity index (χ2v) is 5.70. The van der Waals surface area contributed by atoms with Crippen molar-refractivity contribution in [1.29, 1.82) is 0 Å². The highest BCUT2D eigenvalue weighted by molar-refractivity contribution is 5.27. The summed E-state index contributed by atoms with van der Waals surface area (Å²) in [4.78, 5) is 0. The third-order valence-electron chi connectivity index (χ3n) is 4.07. The lowest BCUT2D eigenvalue weighted by Gasteiger charge is -2.31. The van der Waals surface area contributed by atoms with Crippen molar-refractivity contribution in [2.24, 2.45) is 0 Å². The van der Waals surface area contributed by atoms with Gasteiger partial charge in [0.2, 0.25) is 0 Å². The summed E-state index contributed by atoms with van der Waals surface area (Å²) in [5, 5.41) is 9.64. The third-order valence-corrected chi connectivity index (χ3v) is 4.07. The minimum absolute atomic E-state index is 0.0824. The second kappa shape index (κ2) is 8.11. The molecule has 2 aromatic carbocycles. The molecule has 0 fully saturated rings. The van der Waals surface area contributed by atoms with E-state index in [1.807, 2.05) is 66.7 Å². The van der Waals surface area contributed by atoms with E-state index in [4.69, 9.17) is 14.2 Å². The topological polar surface area (TPSA) is 47.9 Å². The molecule has 0 spiro atoms. The number of rotatable bonds is 6. The lowest BCUT2D eigenvalue weighted by Crippen LogP contribution is -2.37. The van der Waals surface area contributed by atoms with Crippen LogP contribution in [0.15, 0.2) is 66.7 Å². The quantitative estimate of drug-likeness (QED) is 0.828. The molecule has 0 amide bonds. The first-order chi connectivity index (χ1) is 11.8. The summed E-state index contributed by atoms with van der Waals surface area (Å²) in [5.74, 6) is 0.818. The molecular weight excluding hydrogens is 304 g/mol. The first kappa shape index (κ1) is 16.7. The molecule has 24 heavy (non-hydrogen) atoms. The van der Waals surface area contributed by atoms with Crippen LogP contribution in [0, 0.1) is 0 Å². The van der Waals surface area contributed by atoms with Crippen LogP contribution in [0.1, 0.15) is 17.2 Å². The summed E-state index contributed by atoms with van der Waals surface area (Å²) in [7, 11) is 1.64. The van der Waals surface area contributed by atoms with Crippen molar-refractivity contribution in [3.05, 3.63) is 77.9 Å². The number of ether oxygens (including phenoxy) is 3. The molecule has 4 nitrogen and oxygen atoms in total. The standard InChI is InChI=1S/C20H22O4/c1-22-17-9-7-15(8-10-17)14-23-19-12-11-18(24-20(19)13-21)16-5-3-2-4-6-16/h2-12,18-21H,13-14H2,1H3/t18-,19-,20+/m0/s1. The van der Waals surface area contributed by atoms with Crippen LogP contribution in [0.5, 0.6) is 5.75 Å². The van der Waals surface area contributed by atoms with E-state index in [1.54, 1.807) is 7.11 Å². The van der Waals surface area contributed by atoms with Gasteiger partial charge in [0.25, 0.3) is 0 Å². The Morgan fingerprint density at radius 1 is 1.00 bits per heavy atom. The van der Waals surface area contributed by atoms with Gasteiger partial charge in [-0.15, -0.1) is 0 Å². The molecule has 126 valence electrons. The molecule has 0 unspecified atom stereocenters. The van der Waals surface area contributed by atoms with E-state index >= 15 is 0 Å². The van der Waals surface area contributed by atoms with Gasteiger partial charge in [0.15, 0.2) is 0 Å². The van der Waals surface area contributed by atoms with Gasteiger partial charge in [-0.05, 0) is 23.3 Å². The maximum atomic E-state index is 9.64. The van der Waals surface area contributed by atoms with Gasteiger partial charge in [0.1, 0.15) is 24.1 Å². The largest absolute Gasteiger partial charge is 0.497 e. The van der Waals surface area contributed by atoms with Gasteiger partial charge in [-0.1, -0.05) is 54.6 Å². The lowest BCUT2D eigenvalue weighted by molar-refractivity contribution is -0.107. The normalized spacial score (nSPS) is 23.2. The van der Waals surface area contributed by atoms with Gasteiger partial charge in [-0.25, -0.2) is 0 Å². The number of benzene rings is 2. The van der Waals surface area contributed by atoms with E-state index < -0.39 is 0 Å². The molecule has 0 bridgehead atoms. The van der Waals surface area contributed by atoms with Gasteiger partial charge in [-0.3, -0.25) is 0 Å². The Morgan fingerprint density at radius 3 is 2.42 bits per heavy atom. The number of aliphatic hydroxyl groups excluding tert-OH is 1. The number of methoxy groups -OCH3 is 1. The molecule has 0 saturated carbocycles. The molecule has 1 aliphatic heterocycles. The Balaban J connectivity index is 1.62. The second-order valence-electron chi connectivity index (χ2n) is 5.70. The van der Waals surface area contributed by atoms with E-state index in [-0.39, 0.29) is 24.9 Å². The van der Waals surface area contributed by atoms with Crippen LogP contribution in [0.25, 0.3) is 0 Å². The smallest absolute Gasteiger partial charge is 0.118 e. The van der Waals surface area contributed by atoms with Crippen LogP contribution in [0.2, 0.25) is 0 Å². The van der Waals surface area contributed by atoms with Crippen LogP contribution in [0.4, 0.5) is 0 Å². The van der Waals surface area contributed by atoms with E-state index in [2.05, 4.69) is 0 Å². The van der Waals surface area contributed by atoms with Crippen molar-refractivity contribution >= 4 is 0 Å². The van der Waals surface area contributed by atoms with Crippen LogP contribution >= 0.6 is 0 Å². The Hall–Kier alpha value is -2.14. The average molecular weight is 326 g/mol. The summed E-state index contributed by atoms with van der Waals surface area (Å²) in [6.45, 7) is 0.371. The van der Waals surface area contributed by atoms with E-state index in [1.165, 1.54) is 0 Å². The van der Waals surface area contributed by atoms with E-state index in [9.17, 15) is 5.11 Å². The molecule has 1 N–H and O–H groups in total. The minimum atomic E-state index is -0.376. The van der Waals surface area contributed by atoms with Crippen molar-refractivity contribution in [3.63, 3.8) is 0 Å². The monoisotopic (exact) mass is 326 g/mol. The molecular formula is C20H22O4. The van der Waals surface area contributed by atoms with Gasteiger partial charge < -0.3 is 19.3 Å². The van der Waals surface area contributed by atoms with Crippen molar-refractivity contribution in [2.75, 3.05) is 13.7 Å². The molecule has 4 heteroatoms. The molecule has 3 rings (SSSR count). The van der Waals surface area contributed by atoms with Crippen LogP contribution in [-0.2, 0) is 16.1 Å². The first-order valence-corrected chi connectivity index (χ1v) is 8.04. The summed E-state index contributed by atoms with van der Waals surface area (Å²) >= 11 is 0. The SMILES string of the molecule is COc1ccc(CO[C@H]2C=C[C@@H](c3ccccc3)O[C@@H]2CO)cc1. The highest BCUT2D eigenvalue weighted by Gasteiger charge is 2.28. The highest BCUT2D eigenvalue weighted by atomic mass is 16.6. The number of hydrogen-bond acceptors (Lipinski definition) is 4. The average Bonchev–Trinajstić information content (AvgIpc) is 2.67.